The third kappa shape index (κ3) is 3.10. The molecule has 1 amide bonds. The van der Waals surface area contributed by atoms with Crippen LogP contribution < -0.4 is 0 Å². The van der Waals surface area contributed by atoms with E-state index >= 15 is 0 Å². The number of fused-ring (bicyclic) bond motifs is 1. The molecule has 0 bridgehead atoms. The zero-order chi connectivity index (χ0) is 18.1. The van der Waals surface area contributed by atoms with Crippen LogP contribution in [0.5, 0.6) is 0 Å². The number of likely N-dealkylation sites (tertiary alicyclic amines) is 1. The molecule has 1 aliphatic rings. The molecule has 6 nitrogen and oxygen atoms in total. The van der Waals surface area contributed by atoms with Crippen molar-refractivity contribution < 1.29 is 14.3 Å². The molecule has 4 heterocycles. The molecule has 0 saturated carbocycles. The molecule has 0 aliphatic carbocycles. The van der Waals surface area contributed by atoms with Crippen molar-refractivity contribution in [3.8, 4) is 0 Å². The lowest BCUT2D eigenvalue weighted by atomic mass is 10.2. The molecule has 1 fully saturated rings. The normalized spacial score (nSPS) is 17.0. The van der Waals surface area contributed by atoms with Crippen molar-refractivity contribution in [2.75, 3.05) is 13.2 Å². The highest BCUT2D eigenvalue weighted by atomic mass is 32.1. The summed E-state index contributed by atoms with van der Waals surface area (Å²) in [5.41, 5.74) is 1.87. The number of nitrogens with zero attached hydrogens (tertiary/aromatic N) is 3. The molecule has 26 heavy (non-hydrogen) atoms. The lowest BCUT2D eigenvalue weighted by Crippen LogP contribution is -2.34. The number of amides is 1. The van der Waals surface area contributed by atoms with E-state index in [2.05, 4.69) is 4.98 Å². The Morgan fingerprint density at radius 1 is 1.31 bits per heavy atom. The Kier molecular flexibility index (Phi) is 4.46. The molecule has 1 unspecified atom stereocenters. The summed E-state index contributed by atoms with van der Waals surface area (Å²) < 4.78 is 7.06. The number of imidazole rings is 1. The van der Waals surface area contributed by atoms with Crippen LogP contribution in [0.2, 0.25) is 0 Å². The number of carbonyl (C=O) groups is 2. The molecular weight excluding hydrogens is 350 g/mol. The zero-order valence-corrected chi connectivity index (χ0v) is 15.2. The summed E-state index contributed by atoms with van der Waals surface area (Å²) in [6.45, 7) is 2.38. The van der Waals surface area contributed by atoms with Crippen molar-refractivity contribution in [2.45, 2.75) is 25.8 Å². The second kappa shape index (κ2) is 6.92. The summed E-state index contributed by atoms with van der Waals surface area (Å²) in [6.07, 6.45) is 3.56. The molecule has 0 aromatic carbocycles. The fourth-order valence-corrected chi connectivity index (χ4v) is 4.25. The third-order valence-electron chi connectivity index (χ3n) is 4.68. The molecule has 0 spiro atoms. The topological polar surface area (TPSA) is 63.9 Å². The maximum Gasteiger partial charge on any atom is 0.359 e. The predicted octanol–water partition coefficient (Wildman–Crippen LogP) is 3.22. The Balaban J connectivity index is 1.42. The number of thiophene rings is 1. The standard InChI is InChI=1S/C19H19N3O3S/c1-13-5-2-8-17-20-14(11-22(13)17)19(24)25-12-18(23)21-9-3-6-15(21)16-7-4-10-26-16/h2,4-5,7-8,10-11,15H,3,6,9,12H2,1H3. The molecule has 1 aliphatic heterocycles. The van der Waals surface area contributed by atoms with Gasteiger partial charge in [-0.2, -0.15) is 0 Å². The number of pyridine rings is 1. The molecule has 0 radical (unpaired) electrons. The van der Waals surface area contributed by atoms with Crippen molar-refractivity contribution >= 4 is 28.9 Å². The van der Waals surface area contributed by atoms with E-state index in [1.165, 1.54) is 4.88 Å². The van der Waals surface area contributed by atoms with Gasteiger partial charge >= 0.3 is 5.97 Å². The van der Waals surface area contributed by atoms with Crippen molar-refractivity contribution in [3.63, 3.8) is 0 Å². The van der Waals surface area contributed by atoms with Gasteiger partial charge in [0.1, 0.15) is 5.65 Å². The van der Waals surface area contributed by atoms with Crippen molar-refractivity contribution in [1.82, 2.24) is 14.3 Å². The molecule has 1 saturated heterocycles. The fraction of sp³-hybridized carbons (Fsp3) is 0.316. The van der Waals surface area contributed by atoms with Gasteiger partial charge in [0.2, 0.25) is 0 Å². The molecule has 1 atom stereocenters. The Morgan fingerprint density at radius 3 is 2.96 bits per heavy atom. The smallest absolute Gasteiger partial charge is 0.359 e. The van der Waals surface area contributed by atoms with E-state index in [1.807, 2.05) is 51.9 Å². The number of aromatic nitrogens is 2. The van der Waals surface area contributed by atoms with Crippen LogP contribution >= 0.6 is 11.3 Å². The lowest BCUT2D eigenvalue weighted by molar-refractivity contribution is -0.135. The number of carbonyl (C=O) groups excluding carboxylic acids is 2. The first kappa shape index (κ1) is 16.8. The van der Waals surface area contributed by atoms with Crippen molar-refractivity contribution in [1.29, 1.82) is 0 Å². The number of rotatable bonds is 4. The SMILES string of the molecule is Cc1cccc2nc(C(=O)OCC(=O)N3CCCC3c3cccs3)cn12. The highest BCUT2D eigenvalue weighted by molar-refractivity contribution is 7.10. The second-order valence-corrected chi connectivity index (χ2v) is 7.34. The van der Waals surface area contributed by atoms with Gasteiger partial charge in [0, 0.05) is 23.3 Å². The Hall–Kier alpha value is -2.67. The van der Waals surface area contributed by atoms with Crippen LogP contribution in [-0.4, -0.2) is 39.3 Å². The summed E-state index contributed by atoms with van der Waals surface area (Å²) in [5.74, 6) is -0.734. The highest BCUT2D eigenvalue weighted by Crippen LogP contribution is 2.34. The number of hydrogen-bond acceptors (Lipinski definition) is 5. The van der Waals surface area contributed by atoms with Gasteiger partial charge in [0.15, 0.2) is 12.3 Å². The zero-order valence-electron chi connectivity index (χ0n) is 14.4. The van der Waals surface area contributed by atoms with Gasteiger partial charge in [0.05, 0.1) is 6.04 Å². The predicted molar refractivity (Wildman–Crippen MR) is 98.2 cm³/mol. The minimum atomic E-state index is -0.576. The number of aryl methyl sites for hydroxylation is 1. The van der Waals surface area contributed by atoms with Crippen LogP contribution in [0, 0.1) is 6.92 Å². The van der Waals surface area contributed by atoms with Crippen LogP contribution in [0.15, 0.2) is 41.9 Å². The van der Waals surface area contributed by atoms with Gasteiger partial charge in [0.25, 0.3) is 5.91 Å². The largest absolute Gasteiger partial charge is 0.451 e. The minimum Gasteiger partial charge on any atom is -0.451 e. The van der Waals surface area contributed by atoms with Crippen LogP contribution in [-0.2, 0) is 9.53 Å². The highest BCUT2D eigenvalue weighted by Gasteiger charge is 2.31. The van der Waals surface area contributed by atoms with Crippen LogP contribution in [0.25, 0.3) is 5.65 Å². The summed E-state index contributed by atoms with van der Waals surface area (Å²) >= 11 is 1.65. The van der Waals surface area contributed by atoms with Crippen LogP contribution in [0.1, 0.15) is 39.9 Å². The maximum absolute atomic E-state index is 12.5. The van der Waals surface area contributed by atoms with E-state index in [9.17, 15) is 9.59 Å². The third-order valence-corrected chi connectivity index (χ3v) is 5.65. The minimum absolute atomic E-state index is 0.0963. The van der Waals surface area contributed by atoms with Gasteiger partial charge in [-0.3, -0.25) is 4.79 Å². The van der Waals surface area contributed by atoms with E-state index in [-0.39, 0.29) is 24.2 Å². The summed E-state index contributed by atoms with van der Waals surface area (Å²) in [7, 11) is 0. The maximum atomic E-state index is 12.5. The average molecular weight is 369 g/mol. The van der Waals surface area contributed by atoms with Gasteiger partial charge in [-0.1, -0.05) is 12.1 Å². The van der Waals surface area contributed by atoms with E-state index in [1.54, 1.807) is 17.5 Å². The molecule has 7 heteroatoms. The fourth-order valence-electron chi connectivity index (χ4n) is 3.37. The first-order valence-electron chi connectivity index (χ1n) is 8.58. The average Bonchev–Trinajstić information content (AvgIpc) is 3.38. The molecule has 3 aromatic rings. The first-order chi connectivity index (χ1) is 12.6. The molecule has 134 valence electrons. The van der Waals surface area contributed by atoms with E-state index in [0.717, 1.165) is 18.5 Å². The molecule has 0 N–H and O–H groups in total. The number of hydrogen-bond donors (Lipinski definition) is 0. The number of esters is 1. The molecule has 3 aromatic heterocycles. The van der Waals surface area contributed by atoms with E-state index in [0.29, 0.717) is 12.2 Å². The Morgan fingerprint density at radius 2 is 2.19 bits per heavy atom. The Labute approximate surface area is 155 Å². The lowest BCUT2D eigenvalue weighted by Gasteiger charge is -2.23. The first-order valence-corrected chi connectivity index (χ1v) is 9.46. The van der Waals surface area contributed by atoms with Gasteiger partial charge in [-0.15, -0.1) is 11.3 Å². The van der Waals surface area contributed by atoms with Crippen molar-refractivity contribution in [3.05, 3.63) is 58.2 Å². The van der Waals surface area contributed by atoms with Gasteiger partial charge in [-0.05, 0) is 43.3 Å². The van der Waals surface area contributed by atoms with Crippen LogP contribution in [0.4, 0.5) is 0 Å². The van der Waals surface area contributed by atoms with Crippen molar-refractivity contribution in [2.24, 2.45) is 0 Å². The number of ether oxygens (including phenoxy) is 1. The second-order valence-electron chi connectivity index (χ2n) is 6.36. The van der Waals surface area contributed by atoms with Crippen LogP contribution in [0.3, 0.4) is 0 Å². The quantitative estimate of drug-likeness (QED) is 0.663. The molecule has 4 rings (SSSR count). The summed E-state index contributed by atoms with van der Waals surface area (Å²) in [4.78, 5) is 32.1. The van der Waals surface area contributed by atoms with Gasteiger partial charge < -0.3 is 14.0 Å². The summed E-state index contributed by atoms with van der Waals surface area (Å²) in [5, 5.41) is 2.02. The van der Waals surface area contributed by atoms with Gasteiger partial charge in [-0.25, -0.2) is 9.78 Å². The Bertz CT molecular complexity index is 948. The van der Waals surface area contributed by atoms with E-state index < -0.39 is 5.97 Å². The molecular formula is C19H19N3O3S. The summed E-state index contributed by atoms with van der Waals surface area (Å²) in [6, 6.07) is 9.78. The van der Waals surface area contributed by atoms with E-state index in [4.69, 9.17) is 4.74 Å². The monoisotopic (exact) mass is 369 g/mol.